The highest BCUT2D eigenvalue weighted by molar-refractivity contribution is 6.30. The summed E-state index contributed by atoms with van der Waals surface area (Å²) in [5.41, 5.74) is 0.224. The molecule has 2 unspecified atom stereocenters. The van der Waals surface area contributed by atoms with Gasteiger partial charge in [-0.1, -0.05) is 35.9 Å². The van der Waals surface area contributed by atoms with Crippen molar-refractivity contribution < 1.29 is 39.4 Å². The first-order valence-electron chi connectivity index (χ1n) is 12.0. The monoisotopic (exact) mass is 577 g/mol. The molecule has 1 amide bonds. The number of carboxylic acids is 2. The molecule has 3 N–H and O–H groups in total. The van der Waals surface area contributed by atoms with Crippen molar-refractivity contribution in [3.05, 3.63) is 75.5 Å². The van der Waals surface area contributed by atoms with Gasteiger partial charge in [-0.05, 0) is 36.5 Å². The van der Waals surface area contributed by atoms with Gasteiger partial charge in [-0.15, -0.1) is 0 Å². The van der Waals surface area contributed by atoms with E-state index in [1.54, 1.807) is 10.6 Å². The smallest absolute Gasteiger partial charge is 0.415 e. The summed E-state index contributed by atoms with van der Waals surface area (Å²) >= 11 is 6.26. The van der Waals surface area contributed by atoms with E-state index in [1.165, 1.54) is 11.1 Å². The summed E-state index contributed by atoms with van der Waals surface area (Å²) in [5.74, 6) is -2.76. The molecule has 15 heteroatoms. The number of piperazine rings is 1. The van der Waals surface area contributed by atoms with Gasteiger partial charge in [0.25, 0.3) is 0 Å². The van der Waals surface area contributed by atoms with Gasteiger partial charge in [-0.2, -0.15) is 0 Å². The summed E-state index contributed by atoms with van der Waals surface area (Å²) in [6.07, 6.45) is 5.25. The second-order valence-electron chi connectivity index (χ2n) is 9.29. The Hall–Kier alpha value is -4.43. The summed E-state index contributed by atoms with van der Waals surface area (Å²) in [6.45, 7) is 5.51. The minimum atomic E-state index is -1.26. The van der Waals surface area contributed by atoms with Crippen LogP contribution in [0.2, 0.25) is 5.02 Å². The lowest BCUT2D eigenvalue weighted by molar-refractivity contribution is -0.389. The van der Waals surface area contributed by atoms with Crippen LogP contribution in [0.25, 0.3) is 0 Å². The Morgan fingerprint density at radius 1 is 1.23 bits per heavy atom. The normalized spacial score (nSPS) is 22.4. The van der Waals surface area contributed by atoms with Crippen molar-refractivity contribution in [3.63, 3.8) is 0 Å². The number of hydrogen-bond donors (Lipinski definition) is 3. The minimum absolute atomic E-state index is 0.215. The second kappa shape index (κ2) is 12.6. The number of fused-ring (bicyclic) bond motifs is 1. The molecule has 1 aromatic carbocycles. The third-order valence-electron chi connectivity index (χ3n) is 6.19. The molecule has 0 saturated carbocycles. The number of rotatable bonds is 7. The number of halogens is 1. The third-order valence-corrected chi connectivity index (χ3v) is 6.43. The number of benzene rings is 1. The van der Waals surface area contributed by atoms with E-state index >= 15 is 0 Å². The number of nitrogens with zero attached hydrogens (tertiary/aromatic N) is 5. The summed E-state index contributed by atoms with van der Waals surface area (Å²) in [6, 6.07) is 6.96. The van der Waals surface area contributed by atoms with E-state index in [-0.39, 0.29) is 17.9 Å². The SMILES string of the molecule is CC=C[C@H]1C(c2cccc(Cl)c2)N(CC2(C)Cn3cc([N+](=O)[O-])nc3O2)CCN1C(=O)O.O=C(O)/C=C\C(=O)O. The molecule has 40 heavy (non-hydrogen) atoms. The molecule has 4 rings (SSSR count). The van der Waals surface area contributed by atoms with Crippen molar-refractivity contribution in [1.29, 1.82) is 0 Å². The number of carboxylic acid groups (broad SMARTS) is 3. The topological polar surface area (TPSA) is 189 Å². The minimum Gasteiger partial charge on any atom is -0.478 e. The number of imidazole rings is 1. The number of nitro groups is 1. The largest absolute Gasteiger partial charge is 0.478 e. The van der Waals surface area contributed by atoms with E-state index < -0.39 is 34.6 Å². The van der Waals surface area contributed by atoms with Crippen LogP contribution in [0.3, 0.4) is 0 Å². The summed E-state index contributed by atoms with van der Waals surface area (Å²) < 4.78 is 7.68. The number of amides is 1. The van der Waals surface area contributed by atoms with Gasteiger partial charge in [0.2, 0.25) is 0 Å². The van der Waals surface area contributed by atoms with E-state index in [0.29, 0.717) is 43.4 Å². The molecule has 14 nitrogen and oxygen atoms in total. The zero-order valence-electron chi connectivity index (χ0n) is 21.6. The van der Waals surface area contributed by atoms with Crippen LogP contribution in [0.1, 0.15) is 25.5 Å². The van der Waals surface area contributed by atoms with Crippen LogP contribution in [-0.2, 0) is 16.1 Å². The number of allylic oxidation sites excluding steroid dienone is 1. The first kappa shape index (κ1) is 30.1. The molecule has 1 fully saturated rings. The number of ether oxygens (including phenoxy) is 1. The van der Waals surface area contributed by atoms with Gasteiger partial charge < -0.3 is 30.2 Å². The molecule has 2 aromatic rings. The maximum atomic E-state index is 12.0. The van der Waals surface area contributed by atoms with Crippen LogP contribution in [0.4, 0.5) is 10.6 Å². The van der Waals surface area contributed by atoms with E-state index in [0.717, 1.165) is 5.56 Å². The Bertz CT molecular complexity index is 1300. The Morgan fingerprint density at radius 2 is 1.90 bits per heavy atom. The van der Waals surface area contributed by atoms with Gasteiger partial charge in [-0.3, -0.25) is 14.4 Å². The van der Waals surface area contributed by atoms with Crippen molar-refractivity contribution in [2.24, 2.45) is 0 Å². The van der Waals surface area contributed by atoms with E-state index in [9.17, 15) is 29.6 Å². The highest BCUT2D eigenvalue weighted by Crippen LogP contribution is 2.37. The highest BCUT2D eigenvalue weighted by atomic mass is 35.5. The second-order valence-corrected chi connectivity index (χ2v) is 9.73. The molecule has 2 aliphatic heterocycles. The summed E-state index contributed by atoms with van der Waals surface area (Å²) in [5, 5.41) is 37.0. The van der Waals surface area contributed by atoms with Gasteiger partial charge >= 0.3 is 29.9 Å². The van der Waals surface area contributed by atoms with Crippen molar-refractivity contribution in [3.8, 4) is 6.01 Å². The van der Waals surface area contributed by atoms with E-state index in [4.69, 9.17) is 26.6 Å². The Labute approximate surface area is 233 Å². The number of hydrogen-bond acceptors (Lipinski definition) is 8. The van der Waals surface area contributed by atoms with Gasteiger partial charge in [0, 0.05) is 41.8 Å². The van der Waals surface area contributed by atoms with Crippen LogP contribution in [0.5, 0.6) is 6.01 Å². The van der Waals surface area contributed by atoms with Crippen molar-refractivity contribution in [1.82, 2.24) is 19.4 Å². The third kappa shape index (κ3) is 7.36. The van der Waals surface area contributed by atoms with E-state index in [2.05, 4.69) is 9.88 Å². The maximum absolute atomic E-state index is 12.0. The quantitative estimate of drug-likeness (QED) is 0.189. The lowest BCUT2D eigenvalue weighted by atomic mass is 9.92. The van der Waals surface area contributed by atoms with Crippen molar-refractivity contribution in [2.75, 3.05) is 19.6 Å². The Balaban J connectivity index is 0.000000482. The zero-order valence-corrected chi connectivity index (χ0v) is 22.3. The molecular formula is C25H28ClN5O9. The molecule has 0 bridgehead atoms. The molecule has 0 radical (unpaired) electrons. The predicted octanol–water partition coefficient (Wildman–Crippen LogP) is 3.29. The molecule has 3 heterocycles. The fourth-order valence-corrected chi connectivity index (χ4v) is 4.95. The van der Waals surface area contributed by atoms with Gasteiger partial charge in [-0.25, -0.2) is 14.4 Å². The summed E-state index contributed by atoms with van der Waals surface area (Å²) in [4.78, 5) is 49.1. The predicted molar refractivity (Wildman–Crippen MR) is 141 cm³/mol. The van der Waals surface area contributed by atoms with Crippen molar-refractivity contribution in [2.45, 2.75) is 38.1 Å². The highest BCUT2D eigenvalue weighted by Gasteiger charge is 2.46. The van der Waals surface area contributed by atoms with Gasteiger partial charge in [0.05, 0.1) is 18.6 Å². The number of carbonyl (C=O) groups is 3. The molecular weight excluding hydrogens is 550 g/mol. The van der Waals surface area contributed by atoms with Crippen LogP contribution in [-0.4, -0.2) is 88.9 Å². The fourth-order valence-electron chi connectivity index (χ4n) is 4.75. The number of aromatic nitrogens is 2. The van der Waals surface area contributed by atoms with Gasteiger partial charge in [0.15, 0.2) is 0 Å². The molecule has 2 aliphatic rings. The zero-order chi connectivity index (χ0) is 29.6. The Morgan fingerprint density at radius 3 is 2.42 bits per heavy atom. The van der Waals surface area contributed by atoms with Crippen LogP contribution in [0, 0.1) is 10.1 Å². The average molecular weight is 578 g/mol. The first-order valence-corrected chi connectivity index (χ1v) is 12.4. The lowest BCUT2D eigenvalue weighted by Crippen LogP contribution is -2.59. The van der Waals surface area contributed by atoms with Crippen LogP contribution in [0.15, 0.2) is 54.8 Å². The van der Waals surface area contributed by atoms with Crippen LogP contribution < -0.4 is 4.74 Å². The number of aliphatic carboxylic acids is 2. The molecule has 0 aliphatic carbocycles. The molecule has 1 aromatic heterocycles. The standard InChI is InChI=1S/C21H24ClN5O5.C4H4O4/c1-3-5-16-18(14-6-4-7-15(22)10-14)24(8-9-26(16)20(28)29)12-21(2)13-25-11-17(27(30)31)23-19(25)32-21;5-3(6)1-2-4(7)8/h3-7,10-11,16,18H,8-9,12-13H2,1-2H3,(H,28,29);1-2H,(H,5,6)(H,7,8)/b;2-1-/t16-,18?,21?;/m0./s1. The van der Waals surface area contributed by atoms with Crippen LogP contribution >= 0.6 is 11.6 Å². The van der Waals surface area contributed by atoms with E-state index in [1.807, 2.05) is 44.2 Å². The molecule has 1 saturated heterocycles. The average Bonchev–Trinajstić information content (AvgIpc) is 3.38. The summed E-state index contributed by atoms with van der Waals surface area (Å²) in [7, 11) is 0. The van der Waals surface area contributed by atoms with Crippen molar-refractivity contribution >= 4 is 35.5 Å². The molecule has 0 spiro atoms. The molecule has 3 atom stereocenters. The van der Waals surface area contributed by atoms with Gasteiger partial charge in [0.1, 0.15) is 11.8 Å². The first-order chi connectivity index (χ1) is 18.8. The maximum Gasteiger partial charge on any atom is 0.415 e. The molecule has 214 valence electrons. The lowest BCUT2D eigenvalue weighted by Gasteiger charge is -2.47. The Kier molecular flexibility index (Phi) is 9.50. The fraction of sp³-hybridized carbons (Fsp3) is 0.360.